The van der Waals surface area contributed by atoms with Crippen molar-refractivity contribution in [2.45, 2.75) is 30.1 Å². The first-order chi connectivity index (χ1) is 15.4. The minimum absolute atomic E-state index is 0.122. The number of fused-ring (bicyclic) bond motifs is 1. The summed E-state index contributed by atoms with van der Waals surface area (Å²) in [6, 6.07) is 10.3. The van der Waals surface area contributed by atoms with Gasteiger partial charge in [-0.15, -0.1) is 0 Å². The number of para-hydroxylation sites is 1. The number of pyridine rings is 1. The highest BCUT2D eigenvalue weighted by atomic mass is 79.9. The van der Waals surface area contributed by atoms with Crippen molar-refractivity contribution in [3.63, 3.8) is 0 Å². The van der Waals surface area contributed by atoms with Crippen LogP contribution in [0.4, 0.5) is 5.69 Å². The Kier molecular flexibility index (Phi) is 5.22. The van der Waals surface area contributed by atoms with Gasteiger partial charge in [0.1, 0.15) is 11.0 Å². The average Bonchev–Trinajstić information content (AvgIpc) is 3.59. The Bertz CT molecular complexity index is 1480. The highest BCUT2D eigenvalue weighted by Gasteiger charge is 2.31. The molecule has 2 aromatic heterocycles. The molecular formula is C23H20BrClN4O3. The third-order valence-corrected chi connectivity index (χ3v) is 6.77. The molecule has 2 aliphatic rings. The fourth-order valence-electron chi connectivity index (χ4n) is 4.02. The number of aromatic nitrogens is 3. The average molecular weight is 516 g/mol. The number of nitrogens with zero attached hydrogens (tertiary/aromatic N) is 3. The Morgan fingerprint density at radius 1 is 1.12 bits per heavy atom. The van der Waals surface area contributed by atoms with Gasteiger partial charge in [-0.2, -0.15) is 0 Å². The number of anilines is 1. The van der Waals surface area contributed by atoms with Crippen LogP contribution in [0.15, 0.2) is 73.7 Å². The van der Waals surface area contributed by atoms with Crippen molar-refractivity contribution >= 4 is 44.3 Å². The second-order valence-electron chi connectivity index (χ2n) is 8.04. The van der Waals surface area contributed by atoms with Crippen molar-refractivity contribution in [1.82, 2.24) is 13.7 Å². The summed E-state index contributed by atoms with van der Waals surface area (Å²) in [5.41, 5.74) is 0.578. The molecule has 1 fully saturated rings. The van der Waals surface area contributed by atoms with Gasteiger partial charge in [0.05, 0.1) is 17.1 Å². The first-order valence-corrected chi connectivity index (χ1v) is 11.6. The van der Waals surface area contributed by atoms with E-state index in [4.69, 9.17) is 11.6 Å². The lowest BCUT2D eigenvalue weighted by Crippen LogP contribution is -2.41. The van der Waals surface area contributed by atoms with E-state index in [-0.39, 0.29) is 27.5 Å². The molecule has 32 heavy (non-hydrogen) atoms. The van der Waals surface area contributed by atoms with Gasteiger partial charge in [-0.05, 0) is 31.1 Å². The van der Waals surface area contributed by atoms with E-state index >= 15 is 0 Å². The van der Waals surface area contributed by atoms with E-state index in [0.29, 0.717) is 28.5 Å². The van der Waals surface area contributed by atoms with Crippen LogP contribution in [-0.2, 0) is 7.05 Å². The van der Waals surface area contributed by atoms with E-state index in [0.717, 1.165) is 12.8 Å². The third-order valence-electron chi connectivity index (χ3n) is 5.78. The smallest absolute Gasteiger partial charge is 0.337 e. The molecule has 5 rings (SSSR count). The quantitative estimate of drug-likeness (QED) is 0.537. The van der Waals surface area contributed by atoms with Gasteiger partial charge < -0.3 is 5.32 Å². The van der Waals surface area contributed by atoms with Gasteiger partial charge in [0.25, 0.3) is 11.1 Å². The largest absolute Gasteiger partial charge is 0.354 e. The Labute approximate surface area is 196 Å². The molecule has 7 nitrogen and oxygen atoms in total. The predicted molar refractivity (Wildman–Crippen MR) is 130 cm³/mol. The van der Waals surface area contributed by atoms with Crippen molar-refractivity contribution in [3.05, 3.63) is 90.5 Å². The molecule has 0 amide bonds. The van der Waals surface area contributed by atoms with Crippen molar-refractivity contribution in [2.75, 3.05) is 5.32 Å². The normalized spacial score (nSPS) is 18.4. The number of benzene rings is 1. The molecule has 0 radical (unpaired) electrons. The minimum atomic E-state index is -0.444. The lowest BCUT2D eigenvalue weighted by molar-refractivity contribution is 0.637. The predicted octanol–water partition coefficient (Wildman–Crippen LogP) is 3.77. The standard InChI is InChI=1S/C23H20BrClN4O3/c1-27-19(30)12-18(26-17-10-7-13(24)11-16(17)25)20-21(27)28(14-5-3-2-4-6-14)23(32)29(22(20)31)15-8-9-15/h2-7,10,12-13,15,26H,8-9,11H2,1H3. The molecular weight excluding hydrogens is 496 g/mol. The van der Waals surface area contributed by atoms with Gasteiger partial charge in [0.2, 0.25) is 0 Å². The molecule has 164 valence electrons. The van der Waals surface area contributed by atoms with Crippen LogP contribution in [0.3, 0.4) is 0 Å². The summed E-state index contributed by atoms with van der Waals surface area (Å²) in [6.07, 6.45) is 5.90. The maximum Gasteiger partial charge on any atom is 0.337 e. The SMILES string of the molecule is Cn1c(=O)cc(NC2=C(Cl)CC(Br)C=C2)c2c(=O)n(C3CC3)c(=O)n(-c3ccccc3)c21. The van der Waals surface area contributed by atoms with Gasteiger partial charge >= 0.3 is 5.69 Å². The minimum Gasteiger partial charge on any atom is -0.354 e. The maximum atomic E-state index is 13.6. The molecule has 1 saturated carbocycles. The zero-order valence-electron chi connectivity index (χ0n) is 17.2. The molecule has 3 aromatic rings. The van der Waals surface area contributed by atoms with Crippen LogP contribution in [0.5, 0.6) is 0 Å². The molecule has 2 aliphatic carbocycles. The third kappa shape index (κ3) is 3.47. The molecule has 0 spiro atoms. The summed E-state index contributed by atoms with van der Waals surface area (Å²) in [4.78, 5) is 40.1. The molecule has 1 atom stereocenters. The Balaban J connectivity index is 1.87. The molecule has 1 aromatic carbocycles. The number of hydrogen-bond acceptors (Lipinski definition) is 4. The summed E-state index contributed by atoms with van der Waals surface area (Å²) in [6.45, 7) is 0. The monoisotopic (exact) mass is 514 g/mol. The second-order valence-corrected chi connectivity index (χ2v) is 9.67. The summed E-state index contributed by atoms with van der Waals surface area (Å²) in [5, 5.41) is 4.04. The Morgan fingerprint density at radius 3 is 2.50 bits per heavy atom. The van der Waals surface area contributed by atoms with Crippen molar-refractivity contribution < 1.29 is 0 Å². The first kappa shape index (κ1) is 21.0. The molecule has 0 aliphatic heterocycles. The maximum absolute atomic E-state index is 13.6. The number of hydrogen-bond donors (Lipinski definition) is 1. The van der Waals surface area contributed by atoms with Crippen molar-refractivity contribution in [2.24, 2.45) is 7.05 Å². The molecule has 0 saturated heterocycles. The van der Waals surface area contributed by atoms with E-state index in [1.807, 2.05) is 30.4 Å². The van der Waals surface area contributed by atoms with Gasteiger partial charge in [0, 0.05) is 35.4 Å². The second kappa shape index (κ2) is 7.94. The van der Waals surface area contributed by atoms with E-state index in [1.165, 1.54) is 19.8 Å². The van der Waals surface area contributed by atoms with Crippen LogP contribution >= 0.6 is 27.5 Å². The number of halogens is 2. The molecule has 2 heterocycles. The van der Waals surface area contributed by atoms with Gasteiger partial charge in [-0.1, -0.05) is 51.8 Å². The van der Waals surface area contributed by atoms with Crippen LogP contribution in [-0.4, -0.2) is 18.5 Å². The lowest BCUT2D eigenvalue weighted by atomic mass is 10.1. The lowest BCUT2D eigenvalue weighted by Gasteiger charge is -2.20. The van der Waals surface area contributed by atoms with Crippen LogP contribution in [0.1, 0.15) is 25.3 Å². The molecule has 1 N–H and O–H groups in total. The fourth-order valence-corrected chi connectivity index (χ4v) is 4.96. The Hall–Kier alpha value is -2.84. The van der Waals surface area contributed by atoms with Gasteiger partial charge in [0.15, 0.2) is 0 Å². The highest BCUT2D eigenvalue weighted by molar-refractivity contribution is 9.09. The van der Waals surface area contributed by atoms with E-state index in [1.54, 1.807) is 19.2 Å². The topological polar surface area (TPSA) is 78.0 Å². The summed E-state index contributed by atoms with van der Waals surface area (Å²) in [7, 11) is 1.57. The first-order valence-electron chi connectivity index (χ1n) is 10.3. The van der Waals surface area contributed by atoms with E-state index in [9.17, 15) is 14.4 Å². The highest BCUT2D eigenvalue weighted by Crippen LogP contribution is 2.34. The van der Waals surface area contributed by atoms with Crippen LogP contribution < -0.4 is 22.1 Å². The molecule has 9 heteroatoms. The number of nitrogens with one attached hydrogen (secondary N) is 1. The summed E-state index contributed by atoms with van der Waals surface area (Å²) in [5.74, 6) is 0. The number of aryl methyl sites for hydroxylation is 1. The number of rotatable bonds is 4. The molecule has 1 unspecified atom stereocenters. The fraction of sp³-hybridized carbons (Fsp3) is 0.261. The number of allylic oxidation sites excluding steroid dienone is 3. The zero-order chi connectivity index (χ0) is 22.6. The van der Waals surface area contributed by atoms with Crippen LogP contribution in [0, 0.1) is 0 Å². The number of alkyl halides is 1. The van der Waals surface area contributed by atoms with E-state index in [2.05, 4.69) is 21.2 Å². The van der Waals surface area contributed by atoms with Crippen molar-refractivity contribution in [1.29, 1.82) is 0 Å². The van der Waals surface area contributed by atoms with Crippen LogP contribution in [0.25, 0.3) is 16.7 Å². The van der Waals surface area contributed by atoms with E-state index < -0.39 is 11.2 Å². The molecule has 0 bridgehead atoms. The summed E-state index contributed by atoms with van der Waals surface area (Å²) < 4.78 is 4.10. The Morgan fingerprint density at radius 2 is 1.84 bits per heavy atom. The zero-order valence-corrected chi connectivity index (χ0v) is 19.6. The van der Waals surface area contributed by atoms with Crippen LogP contribution in [0.2, 0.25) is 0 Å². The van der Waals surface area contributed by atoms with Gasteiger partial charge in [-0.3, -0.25) is 18.7 Å². The van der Waals surface area contributed by atoms with Crippen molar-refractivity contribution in [3.8, 4) is 5.69 Å². The summed E-state index contributed by atoms with van der Waals surface area (Å²) >= 11 is 9.96. The van der Waals surface area contributed by atoms with Gasteiger partial charge in [-0.25, -0.2) is 9.36 Å².